The highest BCUT2D eigenvalue weighted by Gasteiger charge is 2.26. The average molecular weight is 370 g/mol. The molecule has 1 aliphatic heterocycles. The van der Waals surface area contributed by atoms with Crippen molar-refractivity contribution in [1.29, 1.82) is 0 Å². The lowest BCUT2D eigenvalue weighted by molar-refractivity contribution is -0.142. The maximum Gasteiger partial charge on any atom is 0.306 e. The standard InChI is InChI=1S/C16H14ClF2N3O3/c17-14-13(21-5-3-9(4-6-21)16(24)25)8-20-22(15(14)23)12-2-1-10(18)7-11(12)19/h1-2,7-9H,3-6H2,(H,24,25). The summed E-state index contributed by atoms with van der Waals surface area (Å²) in [7, 11) is 0. The minimum Gasteiger partial charge on any atom is -0.481 e. The largest absolute Gasteiger partial charge is 0.481 e. The van der Waals surface area contributed by atoms with Crippen LogP contribution in [0.1, 0.15) is 12.8 Å². The number of rotatable bonds is 3. The molecule has 9 heteroatoms. The van der Waals surface area contributed by atoms with Gasteiger partial charge in [0, 0.05) is 19.2 Å². The second-order valence-electron chi connectivity index (χ2n) is 5.76. The number of carboxylic acid groups (broad SMARTS) is 1. The number of carbonyl (C=O) groups is 1. The molecule has 0 aliphatic carbocycles. The van der Waals surface area contributed by atoms with Crippen LogP contribution in [0.2, 0.25) is 5.02 Å². The molecule has 1 saturated heterocycles. The van der Waals surface area contributed by atoms with E-state index in [1.165, 1.54) is 6.20 Å². The minimum absolute atomic E-state index is 0.146. The summed E-state index contributed by atoms with van der Waals surface area (Å²) in [5, 5.41) is 12.8. The van der Waals surface area contributed by atoms with Crippen LogP contribution in [0.25, 0.3) is 5.69 Å². The van der Waals surface area contributed by atoms with E-state index in [1.54, 1.807) is 4.90 Å². The number of hydrogen-bond acceptors (Lipinski definition) is 4. The van der Waals surface area contributed by atoms with Gasteiger partial charge in [-0.3, -0.25) is 9.59 Å². The molecule has 1 N–H and O–H groups in total. The Morgan fingerprint density at radius 3 is 2.52 bits per heavy atom. The van der Waals surface area contributed by atoms with E-state index >= 15 is 0 Å². The van der Waals surface area contributed by atoms with Crippen LogP contribution < -0.4 is 10.5 Å². The topological polar surface area (TPSA) is 75.4 Å². The molecule has 2 heterocycles. The van der Waals surface area contributed by atoms with Gasteiger partial charge in [0.25, 0.3) is 5.56 Å². The van der Waals surface area contributed by atoms with E-state index in [4.69, 9.17) is 16.7 Å². The van der Waals surface area contributed by atoms with Gasteiger partial charge in [-0.2, -0.15) is 9.78 Å². The quantitative estimate of drug-likeness (QED) is 0.899. The van der Waals surface area contributed by atoms with Crippen LogP contribution in [0.15, 0.2) is 29.2 Å². The summed E-state index contributed by atoms with van der Waals surface area (Å²) in [6.07, 6.45) is 2.19. The number of nitrogens with zero attached hydrogens (tertiary/aromatic N) is 3. The highest BCUT2D eigenvalue weighted by atomic mass is 35.5. The molecule has 1 aromatic carbocycles. The number of halogens is 3. The molecule has 3 rings (SSSR count). The van der Waals surface area contributed by atoms with Crippen molar-refractivity contribution >= 4 is 23.3 Å². The summed E-state index contributed by atoms with van der Waals surface area (Å²) >= 11 is 6.14. The maximum atomic E-state index is 13.9. The van der Waals surface area contributed by atoms with Crippen molar-refractivity contribution < 1.29 is 18.7 Å². The Labute approximate surface area is 146 Å². The van der Waals surface area contributed by atoms with Crippen LogP contribution in [0.5, 0.6) is 0 Å². The second-order valence-corrected chi connectivity index (χ2v) is 6.13. The lowest BCUT2D eigenvalue weighted by Crippen LogP contribution is -2.37. The molecule has 132 valence electrons. The van der Waals surface area contributed by atoms with Crippen LogP contribution in [-0.2, 0) is 4.79 Å². The van der Waals surface area contributed by atoms with E-state index < -0.39 is 29.1 Å². The molecule has 0 atom stereocenters. The third-order valence-electron chi connectivity index (χ3n) is 4.22. The molecule has 0 bridgehead atoms. The van der Waals surface area contributed by atoms with Crippen LogP contribution in [0.3, 0.4) is 0 Å². The molecule has 0 saturated carbocycles. The first-order valence-electron chi connectivity index (χ1n) is 7.59. The summed E-state index contributed by atoms with van der Waals surface area (Å²) in [6, 6.07) is 2.78. The number of aromatic nitrogens is 2. The first-order valence-corrected chi connectivity index (χ1v) is 7.97. The molecule has 1 aliphatic rings. The Bertz CT molecular complexity index is 879. The van der Waals surface area contributed by atoms with Crippen molar-refractivity contribution in [2.75, 3.05) is 18.0 Å². The Balaban J connectivity index is 1.91. The third kappa shape index (κ3) is 3.34. The van der Waals surface area contributed by atoms with Gasteiger partial charge in [-0.15, -0.1) is 0 Å². The van der Waals surface area contributed by atoms with Gasteiger partial charge < -0.3 is 10.0 Å². The van der Waals surface area contributed by atoms with Gasteiger partial charge in [0.2, 0.25) is 0 Å². The molecule has 25 heavy (non-hydrogen) atoms. The summed E-state index contributed by atoms with van der Waals surface area (Å²) in [5.74, 6) is -2.96. The van der Waals surface area contributed by atoms with E-state index in [0.717, 1.165) is 16.8 Å². The summed E-state index contributed by atoms with van der Waals surface area (Å²) < 4.78 is 27.7. The van der Waals surface area contributed by atoms with Crippen molar-refractivity contribution in [1.82, 2.24) is 9.78 Å². The predicted molar refractivity (Wildman–Crippen MR) is 87.3 cm³/mol. The summed E-state index contributed by atoms with van der Waals surface area (Å²) in [5.41, 5.74) is -0.566. The smallest absolute Gasteiger partial charge is 0.306 e. The van der Waals surface area contributed by atoms with Crippen LogP contribution >= 0.6 is 11.6 Å². The van der Waals surface area contributed by atoms with Crippen molar-refractivity contribution in [3.05, 3.63) is 51.4 Å². The fourth-order valence-electron chi connectivity index (χ4n) is 2.84. The van der Waals surface area contributed by atoms with Crippen molar-refractivity contribution in [2.45, 2.75) is 12.8 Å². The number of aliphatic carboxylic acids is 1. The maximum absolute atomic E-state index is 13.9. The van der Waals surface area contributed by atoms with Crippen LogP contribution in [-0.4, -0.2) is 33.9 Å². The highest BCUT2D eigenvalue weighted by Crippen LogP contribution is 2.27. The first-order chi connectivity index (χ1) is 11.9. The van der Waals surface area contributed by atoms with Crippen molar-refractivity contribution in [3.63, 3.8) is 0 Å². The molecule has 0 radical (unpaired) electrons. The zero-order valence-corrected chi connectivity index (χ0v) is 13.7. The monoisotopic (exact) mass is 369 g/mol. The lowest BCUT2D eigenvalue weighted by atomic mass is 9.97. The van der Waals surface area contributed by atoms with E-state index in [-0.39, 0.29) is 10.7 Å². The van der Waals surface area contributed by atoms with E-state index in [9.17, 15) is 18.4 Å². The molecule has 2 aromatic rings. The van der Waals surface area contributed by atoms with Gasteiger partial charge >= 0.3 is 5.97 Å². The zero-order chi connectivity index (χ0) is 18.1. The molecule has 1 aromatic heterocycles. The fraction of sp³-hybridized carbons (Fsp3) is 0.312. The van der Waals surface area contributed by atoms with Gasteiger partial charge in [-0.1, -0.05) is 11.6 Å². The van der Waals surface area contributed by atoms with Crippen LogP contribution in [0, 0.1) is 17.6 Å². The van der Waals surface area contributed by atoms with Crippen LogP contribution in [0.4, 0.5) is 14.5 Å². The van der Waals surface area contributed by atoms with Crippen molar-refractivity contribution in [2.24, 2.45) is 5.92 Å². The van der Waals surface area contributed by atoms with Gasteiger partial charge in [-0.25, -0.2) is 8.78 Å². The molecular formula is C16H14ClF2N3O3. The third-order valence-corrected chi connectivity index (χ3v) is 4.58. The Morgan fingerprint density at radius 1 is 1.24 bits per heavy atom. The minimum atomic E-state index is -0.930. The Morgan fingerprint density at radius 2 is 1.92 bits per heavy atom. The Kier molecular flexibility index (Phi) is 4.71. The fourth-order valence-corrected chi connectivity index (χ4v) is 3.08. The van der Waals surface area contributed by atoms with Crippen molar-refractivity contribution in [3.8, 4) is 5.69 Å². The molecule has 0 spiro atoms. The average Bonchev–Trinajstić information content (AvgIpc) is 2.58. The zero-order valence-electron chi connectivity index (χ0n) is 13.0. The number of piperidine rings is 1. The van der Waals surface area contributed by atoms with E-state index in [1.807, 2.05) is 0 Å². The molecule has 6 nitrogen and oxygen atoms in total. The second kappa shape index (κ2) is 6.79. The number of carboxylic acids is 1. The first kappa shape index (κ1) is 17.3. The SMILES string of the molecule is O=C(O)C1CCN(c2cnn(-c3ccc(F)cc3F)c(=O)c2Cl)CC1. The van der Waals surface area contributed by atoms with Gasteiger partial charge in [-0.05, 0) is 25.0 Å². The molecule has 0 unspecified atom stereocenters. The van der Waals surface area contributed by atoms with Gasteiger partial charge in [0.05, 0.1) is 17.8 Å². The highest BCUT2D eigenvalue weighted by molar-refractivity contribution is 6.33. The lowest BCUT2D eigenvalue weighted by Gasteiger charge is -2.32. The summed E-state index contributed by atoms with van der Waals surface area (Å²) in [6.45, 7) is 0.847. The van der Waals surface area contributed by atoms with E-state index in [0.29, 0.717) is 37.7 Å². The van der Waals surface area contributed by atoms with Gasteiger partial charge in [0.15, 0.2) is 5.82 Å². The molecule has 0 amide bonds. The number of anilines is 1. The number of benzene rings is 1. The number of hydrogen-bond donors (Lipinski definition) is 1. The van der Waals surface area contributed by atoms with E-state index in [2.05, 4.69) is 5.10 Å². The molecular weight excluding hydrogens is 356 g/mol. The normalized spacial score (nSPS) is 15.4. The predicted octanol–water partition coefficient (Wildman–Crippen LogP) is 2.47. The Hall–Kier alpha value is -2.48. The molecule has 1 fully saturated rings. The summed E-state index contributed by atoms with van der Waals surface area (Å²) in [4.78, 5) is 25.2. The van der Waals surface area contributed by atoms with Gasteiger partial charge in [0.1, 0.15) is 16.5 Å².